The molecule has 1 aliphatic heterocycles. The molecule has 0 aliphatic carbocycles. The molecule has 0 unspecified atom stereocenters. The van der Waals surface area contributed by atoms with E-state index in [1.54, 1.807) is 18.2 Å². The highest BCUT2D eigenvalue weighted by Crippen LogP contribution is 2.25. The van der Waals surface area contributed by atoms with Gasteiger partial charge >= 0.3 is 0 Å². The summed E-state index contributed by atoms with van der Waals surface area (Å²) < 4.78 is 33.2. The number of piperazine rings is 1. The molecule has 0 saturated carbocycles. The number of nitrogens with zero attached hydrogens (tertiary/aromatic N) is 5. The Kier molecular flexibility index (Phi) is 6.28. The van der Waals surface area contributed by atoms with E-state index in [0.717, 1.165) is 17.1 Å². The van der Waals surface area contributed by atoms with Crippen molar-refractivity contribution < 1.29 is 13.2 Å². The van der Waals surface area contributed by atoms with E-state index in [2.05, 4.69) is 9.97 Å². The average Bonchev–Trinajstić information content (AvgIpc) is 2.69. The van der Waals surface area contributed by atoms with Crippen molar-refractivity contribution in [2.45, 2.75) is 25.7 Å². The van der Waals surface area contributed by atoms with Crippen LogP contribution in [0.1, 0.15) is 18.2 Å². The SMILES string of the molecule is CCOc1ccc(S(=O)(=O)N2CCN(c3nc(C)cc(N(C)C)n3)CC2)cc1C. The van der Waals surface area contributed by atoms with Gasteiger partial charge in [-0.2, -0.15) is 9.29 Å². The van der Waals surface area contributed by atoms with E-state index in [4.69, 9.17) is 4.74 Å². The van der Waals surface area contributed by atoms with Gasteiger partial charge in [-0.15, -0.1) is 0 Å². The molecule has 3 rings (SSSR count). The fraction of sp³-hybridized carbons (Fsp3) is 0.500. The van der Waals surface area contributed by atoms with Crippen molar-refractivity contribution in [3.8, 4) is 5.75 Å². The Morgan fingerprint density at radius 1 is 1.07 bits per heavy atom. The molecule has 0 N–H and O–H groups in total. The van der Waals surface area contributed by atoms with Crippen LogP contribution in [0.2, 0.25) is 0 Å². The standard InChI is InChI=1S/C20H29N5O3S/c1-6-28-18-8-7-17(13-15(18)2)29(26,27)25-11-9-24(10-12-25)20-21-16(3)14-19(22-20)23(4)5/h7-8,13-14H,6,9-12H2,1-5H3. The van der Waals surface area contributed by atoms with E-state index in [1.807, 2.05) is 50.7 Å². The van der Waals surface area contributed by atoms with Crippen molar-refractivity contribution in [3.63, 3.8) is 0 Å². The van der Waals surface area contributed by atoms with Crippen molar-refractivity contribution in [2.75, 3.05) is 56.7 Å². The van der Waals surface area contributed by atoms with Crippen LogP contribution in [0.3, 0.4) is 0 Å². The zero-order valence-corrected chi connectivity index (χ0v) is 18.5. The van der Waals surface area contributed by atoms with E-state index in [1.165, 1.54) is 4.31 Å². The molecule has 0 spiro atoms. The number of ether oxygens (including phenoxy) is 1. The highest BCUT2D eigenvalue weighted by Gasteiger charge is 2.30. The Bertz CT molecular complexity index is 970. The molecule has 1 fully saturated rings. The van der Waals surface area contributed by atoms with Gasteiger partial charge in [0.15, 0.2) is 0 Å². The maximum absolute atomic E-state index is 13.1. The molecule has 0 amide bonds. The van der Waals surface area contributed by atoms with Gasteiger partial charge in [-0.3, -0.25) is 0 Å². The fourth-order valence-corrected chi connectivity index (χ4v) is 4.79. The van der Waals surface area contributed by atoms with Gasteiger partial charge in [-0.1, -0.05) is 0 Å². The number of aromatic nitrogens is 2. The Labute approximate surface area is 173 Å². The molecule has 0 radical (unpaired) electrons. The molecule has 2 aromatic rings. The molecule has 1 saturated heterocycles. The molecule has 0 atom stereocenters. The molecule has 1 aromatic carbocycles. The second-order valence-corrected chi connectivity index (χ2v) is 9.25. The van der Waals surface area contributed by atoms with Crippen molar-refractivity contribution in [1.82, 2.24) is 14.3 Å². The predicted molar refractivity (Wildman–Crippen MR) is 114 cm³/mol. The van der Waals surface area contributed by atoms with Gasteiger partial charge in [-0.05, 0) is 44.5 Å². The smallest absolute Gasteiger partial charge is 0.243 e. The number of rotatable bonds is 6. The van der Waals surface area contributed by atoms with Crippen LogP contribution in [0.5, 0.6) is 5.75 Å². The minimum absolute atomic E-state index is 0.300. The number of anilines is 2. The maximum atomic E-state index is 13.1. The number of benzene rings is 1. The van der Waals surface area contributed by atoms with Crippen LogP contribution in [-0.4, -0.2) is 69.6 Å². The first-order valence-corrected chi connectivity index (χ1v) is 11.2. The van der Waals surface area contributed by atoms with Crippen LogP contribution in [0.25, 0.3) is 0 Å². The van der Waals surface area contributed by atoms with Crippen LogP contribution < -0.4 is 14.5 Å². The minimum atomic E-state index is -3.55. The topological polar surface area (TPSA) is 78.9 Å². The predicted octanol–water partition coefficient (Wildman–Crippen LogP) is 2.07. The van der Waals surface area contributed by atoms with Crippen molar-refractivity contribution in [2.24, 2.45) is 0 Å². The third kappa shape index (κ3) is 4.62. The summed E-state index contributed by atoms with van der Waals surface area (Å²) in [5.74, 6) is 2.19. The Morgan fingerprint density at radius 3 is 2.34 bits per heavy atom. The summed E-state index contributed by atoms with van der Waals surface area (Å²) >= 11 is 0. The highest BCUT2D eigenvalue weighted by molar-refractivity contribution is 7.89. The number of aryl methyl sites for hydroxylation is 2. The van der Waals surface area contributed by atoms with E-state index in [9.17, 15) is 8.42 Å². The first kappa shape index (κ1) is 21.3. The molecule has 0 bridgehead atoms. The molecule has 1 aromatic heterocycles. The minimum Gasteiger partial charge on any atom is -0.494 e. The third-order valence-electron chi connectivity index (χ3n) is 4.89. The van der Waals surface area contributed by atoms with Gasteiger partial charge in [0, 0.05) is 52.0 Å². The first-order valence-electron chi connectivity index (χ1n) is 9.74. The van der Waals surface area contributed by atoms with Crippen LogP contribution in [-0.2, 0) is 10.0 Å². The van der Waals surface area contributed by atoms with Crippen LogP contribution >= 0.6 is 0 Å². The molecule has 1 aliphatic rings. The lowest BCUT2D eigenvalue weighted by Crippen LogP contribution is -2.49. The van der Waals surface area contributed by atoms with Crippen molar-refractivity contribution >= 4 is 21.8 Å². The zero-order valence-electron chi connectivity index (χ0n) is 17.7. The van der Waals surface area contributed by atoms with Crippen molar-refractivity contribution in [3.05, 3.63) is 35.5 Å². The Hall–Kier alpha value is -2.39. The summed E-state index contributed by atoms with van der Waals surface area (Å²) in [5, 5.41) is 0. The molecule has 158 valence electrons. The second-order valence-electron chi connectivity index (χ2n) is 7.31. The quantitative estimate of drug-likeness (QED) is 0.709. The number of hydrogen-bond acceptors (Lipinski definition) is 7. The Morgan fingerprint density at radius 2 is 1.76 bits per heavy atom. The third-order valence-corrected chi connectivity index (χ3v) is 6.79. The van der Waals surface area contributed by atoms with Crippen LogP contribution in [0, 0.1) is 13.8 Å². The van der Waals surface area contributed by atoms with Crippen molar-refractivity contribution in [1.29, 1.82) is 0 Å². The zero-order chi connectivity index (χ0) is 21.2. The summed E-state index contributed by atoms with van der Waals surface area (Å²) in [6.45, 7) is 8.13. The van der Waals surface area contributed by atoms with Gasteiger partial charge in [0.1, 0.15) is 11.6 Å². The molecular weight excluding hydrogens is 390 g/mol. The summed E-state index contributed by atoms with van der Waals surface area (Å²) in [7, 11) is 0.329. The lowest BCUT2D eigenvalue weighted by atomic mass is 10.2. The van der Waals surface area contributed by atoms with Gasteiger partial charge < -0.3 is 14.5 Å². The van der Waals surface area contributed by atoms with Crippen LogP contribution in [0.4, 0.5) is 11.8 Å². The molecule has 29 heavy (non-hydrogen) atoms. The average molecular weight is 420 g/mol. The molecular formula is C20H29N5O3S. The molecule has 2 heterocycles. The largest absolute Gasteiger partial charge is 0.494 e. The summed E-state index contributed by atoms with van der Waals surface area (Å²) in [4.78, 5) is 13.4. The normalized spacial score (nSPS) is 15.4. The molecule has 8 nitrogen and oxygen atoms in total. The van der Waals surface area contributed by atoms with E-state index < -0.39 is 10.0 Å². The summed E-state index contributed by atoms with van der Waals surface area (Å²) in [6.07, 6.45) is 0. The summed E-state index contributed by atoms with van der Waals surface area (Å²) in [5.41, 5.74) is 1.70. The van der Waals surface area contributed by atoms with Gasteiger partial charge in [0.05, 0.1) is 11.5 Å². The van der Waals surface area contributed by atoms with Crippen LogP contribution in [0.15, 0.2) is 29.2 Å². The Balaban J connectivity index is 1.74. The van der Waals surface area contributed by atoms with Gasteiger partial charge in [0.25, 0.3) is 0 Å². The monoisotopic (exact) mass is 419 g/mol. The maximum Gasteiger partial charge on any atom is 0.243 e. The molecule has 9 heteroatoms. The lowest BCUT2D eigenvalue weighted by molar-refractivity contribution is 0.337. The summed E-state index contributed by atoms with van der Waals surface area (Å²) in [6, 6.07) is 6.95. The van der Waals surface area contributed by atoms with Gasteiger partial charge in [-0.25, -0.2) is 13.4 Å². The number of sulfonamides is 1. The van der Waals surface area contributed by atoms with E-state index in [0.29, 0.717) is 49.4 Å². The first-order chi connectivity index (χ1) is 13.7. The van der Waals surface area contributed by atoms with Gasteiger partial charge in [0.2, 0.25) is 16.0 Å². The number of hydrogen-bond donors (Lipinski definition) is 0. The fourth-order valence-electron chi connectivity index (χ4n) is 3.28. The second kappa shape index (κ2) is 8.54. The van der Waals surface area contributed by atoms with E-state index >= 15 is 0 Å². The highest BCUT2D eigenvalue weighted by atomic mass is 32.2. The van der Waals surface area contributed by atoms with E-state index in [-0.39, 0.29) is 0 Å². The lowest BCUT2D eigenvalue weighted by Gasteiger charge is -2.34.